The molecule has 1 atom stereocenters. The second kappa shape index (κ2) is 7.09. The van der Waals surface area contributed by atoms with E-state index in [0.717, 1.165) is 16.5 Å². The lowest BCUT2D eigenvalue weighted by Crippen LogP contribution is -2.60. The molecule has 3 amide bonds. The summed E-state index contributed by atoms with van der Waals surface area (Å²) in [4.78, 5) is 27.8. The van der Waals surface area contributed by atoms with E-state index in [0.29, 0.717) is 35.1 Å². The van der Waals surface area contributed by atoms with Crippen molar-refractivity contribution in [2.24, 2.45) is 0 Å². The van der Waals surface area contributed by atoms with Crippen molar-refractivity contribution in [1.29, 1.82) is 0 Å². The Kier molecular flexibility index (Phi) is 4.93. The highest BCUT2D eigenvalue weighted by Crippen LogP contribution is 2.40. The number of hydrogen-bond donors (Lipinski definition) is 1. The first-order valence-corrected chi connectivity index (χ1v) is 10.1. The minimum absolute atomic E-state index is 0.263. The molecule has 0 saturated carbocycles. The Morgan fingerprint density at radius 2 is 1.74 bits per heavy atom. The van der Waals surface area contributed by atoms with Crippen LogP contribution in [0.4, 0.5) is 10.5 Å². The van der Waals surface area contributed by atoms with Crippen molar-refractivity contribution in [3.8, 4) is 0 Å². The molecule has 0 aliphatic carbocycles. The maximum Gasteiger partial charge on any atom is 0.346 e. The van der Waals surface area contributed by atoms with E-state index >= 15 is 0 Å². The van der Waals surface area contributed by atoms with Gasteiger partial charge in [0.15, 0.2) is 0 Å². The number of hydrogen-bond acceptors (Lipinski definition) is 3. The molecule has 5 nitrogen and oxygen atoms in total. The molecule has 0 aromatic heterocycles. The van der Waals surface area contributed by atoms with Crippen LogP contribution in [0.1, 0.15) is 18.4 Å². The first-order valence-electron chi connectivity index (χ1n) is 8.53. The Labute approximate surface area is 175 Å². The van der Waals surface area contributed by atoms with Crippen LogP contribution in [0.5, 0.6) is 0 Å². The summed E-state index contributed by atoms with van der Waals surface area (Å²) in [7, 11) is 0. The number of benzene rings is 2. The Morgan fingerprint density at radius 3 is 2.41 bits per heavy atom. The van der Waals surface area contributed by atoms with E-state index in [9.17, 15) is 9.59 Å². The van der Waals surface area contributed by atoms with Gasteiger partial charge in [-0.25, -0.2) is 20.1 Å². The van der Waals surface area contributed by atoms with Crippen LogP contribution in [-0.2, 0) is 11.2 Å². The fraction of sp³-hybridized carbons (Fsp3) is 0.263. The monoisotopic (exact) mass is 467 g/mol. The Balaban J connectivity index is 1.76. The summed E-state index contributed by atoms with van der Waals surface area (Å²) >= 11 is 15.6. The summed E-state index contributed by atoms with van der Waals surface area (Å²) in [6.45, 7) is 0.644. The lowest BCUT2D eigenvalue weighted by Gasteiger charge is -2.39. The summed E-state index contributed by atoms with van der Waals surface area (Å²) in [6.07, 6.45) is 1.82. The van der Waals surface area contributed by atoms with Crippen LogP contribution in [0.3, 0.4) is 0 Å². The molecule has 2 saturated heterocycles. The molecule has 2 aliphatic heterocycles. The number of halogens is 3. The molecule has 2 aliphatic rings. The number of nitrogens with one attached hydrogen (secondary N) is 1. The molecule has 2 heterocycles. The zero-order valence-corrected chi connectivity index (χ0v) is 17.3. The molecule has 140 valence electrons. The Bertz CT molecular complexity index is 901. The van der Waals surface area contributed by atoms with Gasteiger partial charge in [-0.15, -0.1) is 0 Å². The second-order valence-electron chi connectivity index (χ2n) is 6.73. The van der Waals surface area contributed by atoms with Gasteiger partial charge >= 0.3 is 6.03 Å². The van der Waals surface area contributed by atoms with Gasteiger partial charge in [0.05, 0.1) is 5.69 Å². The summed E-state index contributed by atoms with van der Waals surface area (Å²) in [5.41, 5.74) is 3.52. The van der Waals surface area contributed by atoms with Crippen molar-refractivity contribution in [1.82, 2.24) is 10.4 Å². The smallest absolute Gasteiger partial charge is 0.271 e. The van der Waals surface area contributed by atoms with Crippen LogP contribution < -0.4 is 10.3 Å². The minimum Gasteiger partial charge on any atom is -0.271 e. The third kappa shape index (κ3) is 3.25. The highest BCUT2D eigenvalue weighted by atomic mass is 79.9. The number of carbonyl (C=O) groups is 2. The summed E-state index contributed by atoms with van der Waals surface area (Å²) in [5.74, 6) is -0.263. The topological polar surface area (TPSA) is 52.7 Å². The van der Waals surface area contributed by atoms with Crippen molar-refractivity contribution in [3.05, 3.63) is 62.5 Å². The van der Waals surface area contributed by atoms with Gasteiger partial charge in [0.25, 0.3) is 5.91 Å². The van der Waals surface area contributed by atoms with Gasteiger partial charge in [0.2, 0.25) is 0 Å². The predicted molar refractivity (Wildman–Crippen MR) is 109 cm³/mol. The molecule has 2 aromatic carbocycles. The number of nitrogens with zero attached hydrogens (tertiary/aromatic N) is 2. The normalized spacial score (nSPS) is 22.3. The van der Waals surface area contributed by atoms with Crippen molar-refractivity contribution >= 4 is 56.8 Å². The third-order valence-corrected chi connectivity index (χ3v) is 5.93. The van der Waals surface area contributed by atoms with Crippen LogP contribution in [0.25, 0.3) is 0 Å². The Morgan fingerprint density at radius 1 is 1.07 bits per heavy atom. The van der Waals surface area contributed by atoms with Gasteiger partial charge in [-0.05, 0) is 48.7 Å². The van der Waals surface area contributed by atoms with Crippen LogP contribution in [0.2, 0.25) is 10.0 Å². The average molecular weight is 469 g/mol. The van der Waals surface area contributed by atoms with Crippen LogP contribution in [0, 0.1) is 0 Å². The van der Waals surface area contributed by atoms with Crippen molar-refractivity contribution in [2.75, 3.05) is 11.4 Å². The summed E-state index contributed by atoms with van der Waals surface area (Å²) in [5, 5.41) is 2.23. The van der Waals surface area contributed by atoms with Crippen LogP contribution in [-0.4, -0.2) is 29.0 Å². The molecule has 1 N–H and O–H groups in total. The van der Waals surface area contributed by atoms with Gasteiger partial charge in [-0.3, -0.25) is 4.79 Å². The van der Waals surface area contributed by atoms with Crippen molar-refractivity contribution in [3.63, 3.8) is 0 Å². The fourth-order valence-corrected chi connectivity index (χ4v) is 4.54. The SMILES string of the molecule is O=C1N(c2cc(Cl)cc(Cl)c2)C(=O)C2(Cc3ccc(Br)cc3)CCCNN12. The number of carbonyl (C=O) groups excluding carboxylic acids is 2. The number of imide groups is 1. The molecule has 2 aromatic rings. The van der Waals surface area contributed by atoms with E-state index in [1.54, 1.807) is 18.2 Å². The molecule has 0 radical (unpaired) electrons. The lowest BCUT2D eigenvalue weighted by atomic mass is 9.84. The molecule has 1 unspecified atom stereocenters. The molecule has 8 heteroatoms. The molecule has 0 spiro atoms. The first kappa shape index (κ1) is 18.7. The lowest BCUT2D eigenvalue weighted by molar-refractivity contribution is -0.127. The standard InChI is InChI=1S/C19H16BrCl2N3O2/c20-13-4-2-12(3-5-13)11-19-6-1-7-23-25(19)18(27)24(17(19)26)16-9-14(21)8-15(22)10-16/h2-5,8-10,23H,1,6-7,11H2. The number of anilines is 1. The molecule has 2 fully saturated rings. The van der Waals surface area contributed by atoms with Gasteiger partial charge in [-0.1, -0.05) is 51.3 Å². The van der Waals surface area contributed by atoms with E-state index in [1.165, 1.54) is 9.91 Å². The van der Waals surface area contributed by atoms with E-state index in [2.05, 4.69) is 21.4 Å². The quantitative estimate of drug-likeness (QED) is 0.658. The van der Waals surface area contributed by atoms with Gasteiger partial charge in [-0.2, -0.15) is 0 Å². The third-order valence-electron chi connectivity index (χ3n) is 4.96. The number of fused-ring (bicyclic) bond motifs is 1. The minimum atomic E-state index is -0.960. The predicted octanol–water partition coefficient (Wildman–Crippen LogP) is 4.80. The average Bonchev–Trinajstić information content (AvgIpc) is 2.84. The highest BCUT2D eigenvalue weighted by Gasteiger charge is 2.59. The summed E-state index contributed by atoms with van der Waals surface area (Å²) in [6, 6.07) is 12.1. The second-order valence-corrected chi connectivity index (χ2v) is 8.52. The van der Waals surface area contributed by atoms with Crippen LogP contribution in [0.15, 0.2) is 46.9 Å². The van der Waals surface area contributed by atoms with Gasteiger partial charge < -0.3 is 0 Å². The molecule has 4 rings (SSSR count). The zero-order valence-electron chi connectivity index (χ0n) is 14.2. The molecular formula is C19H16BrCl2N3O2. The molecule has 0 bridgehead atoms. The Hall–Kier alpha value is -1.60. The molecular weight excluding hydrogens is 453 g/mol. The zero-order chi connectivity index (χ0) is 19.2. The van der Waals surface area contributed by atoms with E-state index < -0.39 is 11.6 Å². The summed E-state index contributed by atoms with van der Waals surface area (Å²) < 4.78 is 0.964. The largest absolute Gasteiger partial charge is 0.346 e. The molecule has 27 heavy (non-hydrogen) atoms. The fourth-order valence-electron chi connectivity index (χ4n) is 3.76. The first-order chi connectivity index (χ1) is 12.9. The maximum atomic E-state index is 13.5. The van der Waals surface area contributed by atoms with E-state index in [4.69, 9.17) is 23.2 Å². The maximum absolute atomic E-state index is 13.5. The van der Waals surface area contributed by atoms with Crippen LogP contribution >= 0.6 is 39.1 Å². The van der Waals surface area contributed by atoms with E-state index in [-0.39, 0.29) is 5.91 Å². The van der Waals surface area contributed by atoms with Crippen molar-refractivity contribution < 1.29 is 9.59 Å². The number of hydrazine groups is 1. The highest BCUT2D eigenvalue weighted by molar-refractivity contribution is 9.10. The van der Waals surface area contributed by atoms with Gasteiger partial charge in [0.1, 0.15) is 5.54 Å². The number of rotatable bonds is 3. The van der Waals surface area contributed by atoms with Gasteiger partial charge in [0, 0.05) is 27.5 Å². The van der Waals surface area contributed by atoms with E-state index in [1.807, 2.05) is 24.3 Å². The van der Waals surface area contributed by atoms with Crippen molar-refractivity contribution in [2.45, 2.75) is 24.8 Å². The number of amides is 3. The number of urea groups is 1.